The van der Waals surface area contributed by atoms with Gasteiger partial charge in [0.05, 0.1) is 31.5 Å². The topological polar surface area (TPSA) is 142 Å². The average Bonchev–Trinajstić information content (AvgIpc) is 3.30. The number of aliphatic hydroxyl groups excluding tert-OH is 3. The summed E-state index contributed by atoms with van der Waals surface area (Å²) < 4.78 is 12.0. The molecule has 1 saturated heterocycles. The van der Waals surface area contributed by atoms with Gasteiger partial charge in [0.1, 0.15) is 24.4 Å². The zero-order valence-electron chi connectivity index (χ0n) is 20.6. The summed E-state index contributed by atoms with van der Waals surface area (Å²) in [6.07, 6.45) is -2.47. The van der Waals surface area contributed by atoms with Crippen LogP contribution in [0.5, 0.6) is 0 Å². The summed E-state index contributed by atoms with van der Waals surface area (Å²) in [7, 11) is 1.28. The highest BCUT2D eigenvalue weighted by Crippen LogP contribution is 2.28. The number of fused-ring (bicyclic) bond motifs is 2. The van der Waals surface area contributed by atoms with Crippen molar-refractivity contribution in [2.24, 2.45) is 0 Å². The predicted octanol–water partition coefficient (Wildman–Crippen LogP) is 1.94. The van der Waals surface area contributed by atoms with Crippen LogP contribution in [0.15, 0.2) is 66.9 Å². The number of rotatable bonds is 6. The Morgan fingerprint density at radius 2 is 1.82 bits per heavy atom. The molecular weight excluding hydrogens is 492 g/mol. The summed E-state index contributed by atoms with van der Waals surface area (Å²) in [5.41, 5.74) is 1.95. The maximum atomic E-state index is 13.5. The Labute approximate surface area is 217 Å². The third kappa shape index (κ3) is 4.64. The van der Waals surface area contributed by atoms with Gasteiger partial charge in [0.25, 0.3) is 5.91 Å². The zero-order chi connectivity index (χ0) is 27.0. The number of hydrogen-bond donors (Lipinski definition) is 4. The molecule has 2 heterocycles. The number of amides is 1. The normalized spacial score (nSPS) is 21.5. The molecule has 4 aromatic rings. The minimum absolute atomic E-state index is 0.130. The van der Waals surface area contributed by atoms with E-state index in [0.29, 0.717) is 28.1 Å². The Balaban J connectivity index is 1.53. The summed E-state index contributed by atoms with van der Waals surface area (Å²) in [6.45, 7) is -0.431. The molecule has 0 unspecified atom stereocenters. The van der Waals surface area contributed by atoms with Crippen molar-refractivity contribution in [2.45, 2.75) is 30.9 Å². The van der Waals surface area contributed by atoms with Gasteiger partial charge in [0.2, 0.25) is 0 Å². The Bertz CT molecular complexity index is 1500. The van der Waals surface area contributed by atoms with Crippen molar-refractivity contribution in [3.63, 3.8) is 0 Å². The molecule has 3 aromatic carbocycles. The van der Waals surface area contributed by atoms with E-state index in [9.17, 15) is 30.1 Å². The first kappa shape index (κ1) is 25.8. The highest BCUT2D eigenvalue weighted by molar-refractivity contribution is 6.08. The molecule has 38 heavy (non-hydrogen) atoms. The monoisotopic (exact) mass is 520 g/mol. The molecule has 1 amide bonds. The van der Waals surface area contributed by atoms with Crippen molar-refractivity contribution in [1.82, 2.24) is 9.63 Å². The van der Waals surface area contributed by atoms with E-state index in [1.54, 1.807) is 22.9 Å². The first-order chi connectivity index (χ1) is 18.3. The SMILES string of the molecule is COC(=O)c1ccc2c(C(=O)N(O)[C@@H]3CO[C@H](CO)[C@@H](O)[C@@H]3O)cn(Cc3ccc4ccccc4c3)c2c1. The maximum absolute atomic E-state index is 13.5. The van der Waals surface area contributed by atoms with Gasteiger partial charge < -0.3 is 29.4 Å². The predicted molar refractivity (Wildman–Crippen MR) is 137 cm³/mol. The van der Waals surface area contributed by atoms with Crippen molar-refractivity contribution >= 4 is 33.6 Å². The van der Waals surface area contributed by atoms with Crippen LogP contribution in [0.3, 0.4) is 0 Å². The molecule has 0 spiro atoms. The van der Waals surface area contributed by atoms with E-state index in [-0.39, 0.29) is 12.2 Å². The van der Waals surface area contributed by atoms with Crippen molar-refractivity contribution in [2.75, 3.05) is 20.3 Å². The second kappa shape index (κ2) is 10.5. The van der Waals surface area contributed by atoms with Gasteiger partial charge >= 0.3 is 5.97 Å². The molecule has 0 radical (unpaired) electrons. The van der Waals surface area contributed by atoms with Crippen molar-refractivity contribution in [3.8, 4) is 0 Å². The number of benzene rings is 3. The molecular formula is C28H28N2O8. The van der Waals surface area contributed by atoms with E-state index >= 15 is 0 Å². The van der Waals surface area contributed by atoms with E-state index in [4.69, 9.17) is 9.47 Å². The number of esters is 1. The van der Waals surface area contributed by atoms with E-state index < -0.39 is 42.8 Å². The van der Waals surface area contributed by atoms with Crippen LogP contribution in [0.25, 0.3) is 21.7 Å². The van der Waals surface area contributed by atoms with Gasteiger partial charge in [-0.2, -0.15) is 0 Å². The molecule has 198 valence electrons. The number of nitrogens with zero attached hydrogens (tertiary/aromatic N) is 2. The minimum atomic E-state index is -1.54. The van der Waals surface area contributed by atoms with Crippen molar-refractivity contribution < 1.29 is 39.6 Å². The van der Waals surface area contributed by atoms with Gasteiger partial charge in [-0.1, -0.05) is 42.5 Å². The van der Waals surface area contributed by atoms with Gasteiger partial charge in [-0.05, 0) is 34.5 Å². The third-order valence-electron chi connectivity index (χ3n) is 7.01. The van der Waals surface area contributed by atoms with E-state index in [1.807, 2.05) is 42.5 Å². The van der Waals surface area contributed by atoms with Crippen LogP contribution < -0.4 is 0 Å². The Morgan fingerprint density at radius 1 is 1.05 bits per heavy atom. The highest BCUT2D eigenvalue weighted by atomic mass is 16.5. The standard InChI is InChI=1S/C28H28N2O8/c1-37-28(35)19-8-9-20-21(27(34)30(36)23-15-38-24(14-31)26(33)25(23)32)13-29(22(20)11-19)12-16-6-7-17-4-2-3-5-18(17)10-16/h2-11,13,23-26,31-33,36H,12,14-15H2,1H3/t23-,24-,25-,26-/m1/s1. The number of ether oxygens (including phenoxy) is 2. The number of aliphatic hydroxyl groups is 3. The van der Waals surface area contributed by atoms with Gasteiger partial charge in [0, 0.05) is 23.6 Å². The minimum Gasteiger partial charge on any atom is -0.465 e. The van der Waals surface area contributed by atoms with Crippen molar-refractivity contribution in [3.05, 3.63) is 83.6 Å². The molecule has 10 heteroatoms. The Kier molecular flexibility index (Phi) is 7.15. The summed E-state index contributed by atoms with van der Waals surface area (Å²) in [5.74, 6) is -1.35. The Hall–Kier alpha value is -3.80. The van der Waals surface area contributed by atoms with Crippen molar-refractivity contribution in [1.29, 1.82) is 0 Å². The number of methoxy groups -OCH3 is 1. The fourth-order valence-corrected chi connectivity index (χ4v) is 4.89. The lowest BCUT2D eigenvalue weighted by Gasteiger charge is -2.39. The smallest absolute Gasteiger partial charge is 0.337 e. The second-order valence-corrected chi connectivity index (χ2v) is 9.33. The quantitative estimate of drug-likeness (QED) is 0.172. The number of carbonyl (C=O) groups is 2. The lowest BCUT2D eigenvalue weighted by molar-refractivity contribution is -0.218. The van der Waals surface area contributed by atoms with Crippen LogP contribution in [0.4, 0.5) is 0 Å². The van der Waals surface area contributed by atoms with Gasteiger partial charge in [-0.25, -0.2) is 9.86 Å². The number of hydroxylamine groups is 2. The largest absolute Gasteiger partial charge is 0.465 e. The first-order valence-electron chi connectivity index (χ1n) is 12.1. The van der Waals surface area contributed by atoms with E-state index in [0.717, 1.165) is 16.3 Å². The molecule has 10 nitrogen and oxygen atoms in total. The van der Waals surface area contributed by atoms with Crippen LogP contribution in [-0.2, 0) is 16.0 Å². The van der Waals surface area contributed by atoms with Gasteiger partial charge in [-0.15, -0.1) is 0 Å². The fraction of sp³-hybridized carbons (Fsp3) is 0.286. The van der Waals surface area contributed by atoms with Crippen LogP contribution >= 0.6 is 0 Å². The summed E-state index contributed by atoms with van der Waals surface area (Å²) in [4.78, 5) is 25.7. The second-order valence-electron chi connectivity index (χ2n) is 9.33. The van der Waals surface area contributed by atoms with Crippen LogP contribution in [0.2, 0.25) is 0 Å². The molecule has 5 rings (SSSR count). The average molecular weight is 521 g/mol. The molecule has 1 aliphatic heterocycles. The van der Waals surface area contributed by atoms with Crippen LogP contribution in [-0.4, -0.2) is 86.7 Å². The highest BCUT2D eigenvalue weighted by Gasteiger charge is 2.43. The van der Waals surface area contributed by atoms with Gasteiger partial charge in [0.15, 0.2) is 0 Å². The Morgan fingerprint density at radius 3 is 2.55 bits per heavy atom. The molecule has 0 aliphatic carbocycles. The molecule has 1 aliphatic rings. The zero-order valence-corrected chi connectivity index (χ0v) is 20.6. The summed E-state index contributed by atoms with van der Waals surface area (Å²) in [5, 5.41) is 43.7. The van der Waals surface area contributed by atoms with Gasteiger partial charge in [-0.3, -0.25) is 10.0 Å². The van der Waals surface area contributed by atoms with Crippen LogP contribution in [0.1, 0.15) is 26.3 Å². The number of hydrogen-bond acceptors (Lipinski definition) is 8. The third-order valence-corrected chi connectivity index (χ3v) is 7.01. The number of carbonyl (C=O) groups excluding carboxylic acids is 2. The maximum Gasteiger partial charge on any atom is 0.337 e. The summed E-state index contributed by atoms with van der Waals surface area (Å²) >= 11 is 0. The fourth-order valence-electron chi connectivity index (χ4n) is 4.89. The molecule has 1 aromatic heterocycles. The lowest BCUT2D eigenvalue weighted by Crippen LogP contribution is -2.60. The molecule has 4 N–H and O–H groups in total. The summed E-state index contributed by atoms with van der Waals surface area (Å²) in [6, 6.07) is 17.5. The molecule has 0 bridgehead atoms. The lowest BCUT2D eigenvalue weighted by atomic mass is 9.97. The number of aromatic nitrogens is 1. The molecule has 4 atom stereocenters. The van der Waals surface area contributed by atoms with E-state index in [1.165, 1.54) is 13.2 Å². The molecule has 1 fully saturated rings. The molecule has 0 saturated carbocycles. The first-order valence-corrected chi connectivity index (χ1v) is 12.1. The van der Waals surface area contributed by atoms with E-state index in [2.05, 4.69) is 0 Å². The van der Waals surface area contributed by atoms with Crippen LogP contribution in [0, 0.1) is 0 Å².